The van der Waals surface area contributed by atoms with Crippen LogP contribution in [0.15, 0.2) is 0 Å². The molecule has 0 aliphatic carbocycles. The Morgan fingerprint density at radius 3 is 2.44 bits per heavy atom. The van der Waals surface area contributed by atoms with Gasteiger partial charge in [0.1, 0.15) is 0 Å². The second-order valence-electron chi connectivity index (χ2n) is 3.57. The highest BCUT2D eigenvalue weighted by atomic mass is 16.4. The molecule has 0 aliphatic heterocycles. The predicted octanol–water partition coefficient (Wildman–Crippen LogP) is -0.776. The summed E-state index contributed by atoms with van der Waals surface area (Å²) in [5, 5.41) is 11.1. The smallest absolute Gasteiger partial charge is 0.317 e. The zero-order chi connectivity index (χ0) is 12.7. The molecule has 0 aromatic heterocycles. The van der Waals surface area contributed by atoms with Crippen LogP contribution in [0.4, 0.5) is 4.79 Å². The Labute approximate surface area is 93.6 Å². The molecule has 92 valence electrons. The van der Waals surface area contributed by atoms with Crippen molar-refractivity contribution in [2.45, 2.75) is 13.3 Å². The van der Waals surface area contributed by atoms with Gasteiger partial charge in [-0.2, -0.15) is 0 Å². The van der Waals surface area contributed by atoms with Crippen LogP contribution in [0.3, 0.4) is 0 Å². The van der Waals surface area contributed by atoms with E-state index in [4.69, 9.17) is 10.8 Å². The topological polar surface area (TPSA) is 113 Å². The fraction of sp³-hybridized carbons (Fsp3) is 0.667. The van der Waals surface area contributed by atoms with E-state index < -0.39 is 23.8 Å². The number of amides is 3. The van der Waals surface area contributed by atoms with Crippen molar-refractivity contribution in [3.8, 4) is 0 Å². The first kappa shape index (κ1) is 14.2. The first-order valence-corrected chi connectivity index (χ1v) is 4.84. The van der Waals surface area contributed by atoms with Gasteiger partial charge in [-0.05, 0) is 0 Å². The van der Waals surface area contributed by atoms with Crippen LogP contribution >= 0.6 is 0 Å². The first-order chi connectivity index (χ1) is 7.34. The third kappa shape index (κ3) is 5.84. The van der Waals surface area contributed by atoms with E-state index in [9.17, 15) is 14.4 Å². The molecular formula is C9H17N3O4. The number of aliphatic carboxylic acids is 1. The molecule has 0 saturated heterocycles. The number of rotatable bonds is 6. The third-order valence-corrected chi connectivity index (χ3v) is 1.96. The summed E-state index contributed by atoms with van der Waals surface area (Å²) in [5.41, 5.74) is 4.89. The molecule has 3 amide bonds. The van der Waals surface area contributed by atoms with Gasteiger partial charge in [0.25, 0.3) is 0 Å². The Morgan fingerprint density at radius 2 is 2.00 bits per heavy atom. The molecule has 1 unspecified atom stereocenters. The average molecular weight is 231 g/mol. The van der Waals surface area contributed by atoms with E-state index >= 15 is 0 Å². The Morgan fingerprint density at radius 1 is 1.44 bits per heavy atom. The van der Waals surface area contributed by atoms with E-state index in [0.29, 0.717) is 0 Å². The van der Waals surface area contributed by atoms with Crippen LogP contribution in [0, 0.1) is 5.92 Å². The zero-order valence-electron chi connectivity index (χ0n) is 9.40. The van der Waals surface area contributed by atoms with Gasteiger partial charge in [0.15, 0.2) is 0 Å². The van der Waals surface area contributed by atoms with Gasteiger partial charge in [0.05, 0.1) is 5.92 Å². The SMILES string of the molecule is CC(CN(C)C(=O)NCCC(N)=O)C(=O)O. The monoisotopic (exact) mass is 231 g/mol. The van der Waals surface area contributed by atoms with Crippen LogP contribution in [0.25, 0.3) is 0 Å². The molecule has 7 heteroatoms. The molecule has 4 N–H and O–H groups in total. The van der Waals surface area contributed by atoms with E-state index in [0.717, 1.165) is 0 Å². The van der Waals surface area contributed by atoms with Crippen molar-refractivity contribution >= 4 is 17.9 Å². The molecule has 0 rings (SSSR count). The number of hydrogen-bond acceptors (Lipinski definition) is 3. The summed E-state index contributed by atoms with van der Waals surface area (Å²) in [6, 6.07) is -0.422. The minimum atomic E-state index is -0.961. The van der Waals surface area contributed by atoms with Gasteiger partial charge in [0, 0.05) is 26.6 Å². The Hall–Kier alpha value is -1.79. The number of hydrogen-bond donors (Lipinski definition) is 3. The van der Waals surface area contributed by atoms with Crippen molar-refractivity contribution < 1.29 is 19.5 Å². The van der Waals surface area contributed by atoms with Crippen molar-refractivity contribution in [1.82, 2.24) is 10.2 Å². The van der Waals surface area contributed by atoms with Crippen molar-refractivity contribution in [2.75, 3.05) is 20.1 Å². The summed E-state index contributed by atoms with van der Waals surface area (Å²) in [6.45, 7) is 1.77. The largest absolute Gasteiger partial charge is 0.481 e. The van der Waals surface area contributed by atoms with Crippen molar-refractivity contribution in [1.29, 1.82) is 0 Å². The van der Waals surface area contributed by atoms with Crippen molar-refractivity contribution in [3.63, 3.8) is 0 Å². The molecule has 7 nitrogen and oxygen atoms in total. The number of carboxylic acid groups (broad SMARTS) is 1. The van der Waals surface area contributed by atoms with E-state index in [-0.39, 0.29) is 19.5 Å². The maximum atomic E-state index is 11.4. The van der Waals surface area contributed by atoms with Crippen LogP contribution in [0.1, 0.15) is 13.3 Å². The van der Waals surface area contributed by atoms with Crippen molar-refractivity contribution in [3.05, 3.63) is 0 Å². The summed E-state index contributed by atoms with van der Waals surface area (Å²) in [4.78, 5) is 33.5. The number of carboxylic acids is 1. The minimum Gasteiger partial charge on any atom is -0.481 e. The molecule has 0 aliphatic rings. The second kappa shape index (κ2) is 6.65. The van der Waals surface area contributed by atoms with Crippen molar-refractivity contribution in [2.24, 2.45) is 11.7 Å². The van der Waals surface area contributed by atoms with Gasteiger partial charge in [-0.25, -0.2) is 4.79 Å². The molecule has 0 bridgehead atoms. The van der Waals surface area contributed by atoms with Gasteiger partial charge in [-0.15, -0.1) is 0 Å². The number of urea groups is 1. The lowest BCUT2D eigenvalue weighted by Gasteiger charge is -2.19. The Bertz CT molecular complexity index is 280. The minimum absolute atomic E-state index is 0.0636. The van der Waals surface area contributed by atoms with Crippen LogP contribution in [-0.2, 0) is 9.59 Å². The maximum Gasteiger partial charge on any atom is 0.317 e. The zero-order valence-corrected chi connectivity index (χ0v) is 9.40. The molecule has 1 atom stereocenters. The summed E-state index contributed by atoms with van der Waals surface area (Å²) >= 11 is 0. The Kier molecular flexibility index (Phi) is 5.91. The van der Waals surface area contributed by atoms with Crippen LogP contribution in [0.5, 0.6) is 0 Å². The van der Waals surface area contributed by atoms with E-state index in [1.54, 1.807) is 0 Å². The van der Waals surface area contributed by atoms with Gasteiger partial charge >= 0.3 is 12.0 Å². The Balaban J connectivity index is 3.90. The van der Waals surface area contributed by atoms with Gasteiger partial charge < -0.3 is 21.1 Å². The van der Waals surface area contributed by atoms with E-state index in [1.807, 2.05) is 0 Å². The maximum absolute atomic E-state index is 11.4. The van der Waals surface area contributed by atoms with Crippen LogP contribution < -0.4 is 11.1 Å². The fourth-order valence-corrected chi connectivity index (χ4v) is 0.999. The molecule has 16 heavy (non-hydrogen) atoms. The predicted molar refractivity (Wildman–Crippen MR) is 56.6 cm³/mol. The lowest BCUT2D eigenvalue weighted by atomic mass is 10.2. The first-order valence-electron chi connectivity index (χ1n) is 4.84. The normalized spacial score (nSPS) is 11.6. The molecule has 0 aromatic carbocycles. The van der Waals surface area contributed by atoms with Crippen LogP contribution in [0.2, 0.25) is 0 Å². The molecule has 0 spiro atoms. The van der Waals surface area contributed by atoms with Gasteiger partial charge in [0.2, 0.25) is 5.91 Å². The molecule has 0 saturated carbocycles. The third-order valence-electron chi connectivity index (χ3n) is 1.96. The summed E-state index contributed by atoms with van der Waals surface area (Å²) in [5.74, 6) is -2.09. The van der Waals surface area contributed by atoms with Gasteiger partial charge in [-0.3, -0.25) is 9.59 Å². The average Bonchev–Trinajstić information content (AvgIpc) is 2.16. The van der Waals surface area contributed by atoms with E-state index in [2.05, 4.69) is 5.32 Å². The highest BCUT2D eigenvalue weighted by Gasteiger charge is 2.16. The molecule has 0 aromatic rings. The summed E-state index contributed by atoms with van der Waals surface area (Å²) in [6.07, 6.45) is 0.0636. The molecule has 0 heterocycles. The lowest BCUT2D eigenvalue weighted by Crippen LogP contribution is -2.41. The number of nitrogens with zero attached hydrogens (tertiary/aromatic N) is 1. The number of nitrogens with one attached hydrogen (secondary N) is 1. The highest BCUT2D eigenvalue weighted by Crippen LogP contribution is 1.98. The highest BCUT2D eigenvalue weighted by molar-refractivity contribution is 5.77. The van der Waals surface area contributed by atoms with E-state index in [1.165, 1.54) is 18.9 Å². The molecular weight excluding hydrogens is 214 g/mol. The number of carbonyl (C=O) groups excluding carboxylic acids is 2. The quantitative estimate of drug-likeness (QED) is 0.556. The number of primary amides is 1. The summed E-state index contributed by atoms with van der Waals surface area (Å²) in [7, 11) is 1.49. The van der Waals surface area contributed by atoms with Gasteiger partial charge in [-0.1, -0.05) is 6.92 Å². The van der Waals surface area contributed by atoms with Crippen LogP contribution in [-0.4, -0.2) is 48.1 Å². The fourth-order valence-electron chi connectivity index (χ4n) is 0.999. The number of carbonyl (C=O) groups is 3. The molecule has 0 fully saturated rings. The lowest BCUT2D eigenvalue weighted by molar-refractivity contribution is -0.141. The number of nitrogens with two attached hydrogens (primary N) is 1. The second-order valence-corrected chi connectivity index (χ2v) is 3.57. The molecule has 0 radical (unpaired) electrons. The standard InChI is InChI=1S/C9H17N3O4/c1-6(8(14)15)5-12(2)9(16)11-4-3-7(10)13/h6H,3-5H2,1-2H3,(H2,10,13)(H,11,16)(H,14,15). The summed E-state index contributed by atoms with van der Waals surface area (Å²) < 4.78 is 0.